The molecule has 1 heterocycles. The number of nitrogens with zero attached hydrogens (tertiary/aromatic N) is 1. The lowest BCUT2D eigenvalue weighted by molar-refractivity contribution is 0.454. The summed E-state index contributed by atoms with van der Waals surface area (Å²) in [5.41, 5.74) is 6.89. The topological polar surface area (TPSA) is 45.8 Å². The van der Waals surface area contributed by atoms with Gasteiger partial charge in [0.05, 0.1) is 5.69 Å². The molecule has 0 bridgehead atoms. The second-order valence-electron chi connectivity index (χ2n) is 8.22. The van der Waals surface area contributed by atoms with Crippen LogP contribution in [0.2, 0.25) is 0 Å². The molecule has 0 aliphatic heterocycles. The van der Waals surface area contributed by atoms with Crippen molar-refractivity contribution in [2.75, 3.05) is 4.90 Å². The van der Waals surface area contributed by atoms with Crippen molar-refractivity contribution in [3.8, 4) is 16.9 Å². The van der Waals surface area contributed by atoms with Crippen molar-refractivity contribution >= 4 is 46.7 Å². The van der Waals surface area contributed by atoms with Crippen LogP contribution in [0.1, 0.15) is 0 Å². The predicted molar refractivity (Wildman–Crippen MR) is 142 cm³/mol. The van der Waals surface area contributed by atoms with E-state index in [4.69, 9.17) is 14.1 Å². The maximum atomic E-state index is 8.99. The van der Waals surface area contributed by atoms with Crippen LogP contribution in [0.4, 0.5) is 17.1 Å². The van der Waals surface area contributed by atoms with Crippen LogP contribution in [-0.4, -0.2) is 12.7 Å². The summed E-state index contributed by atoms with van der Waals surface area (Å²) >= 11 is 0. The summed E-state index contributed by atoms with van der Waals surface area (Å²) in [5, 5.41) is 11.1. The van der Waals surface area contributed by atoms with Gasteiger partial charge in [0.25, 0.3) is 0 Å². The van der Waals surface area contributed by atoms with Gasteiger partial charge in [0.2, 0.25) is 0 Å². The second-order valence-corrected chi connectivity index (χ2v) is 8.22. The summed E-state index contributed by atoms with van der Waals surface area (Å²) in [7, 11) is 0.685. The molecule has 0 aliphatic carbocycles. The van der Waals surface area contributed by atoms with Crippen LogP contribution >= 0.6 is 0 Å². The highest BCUT2D eigenvalue weighted by Crippen LogP contribution is 2.42. The van der Waals surface area contributed by atoms with E-state index in [1.54, 1.807) is 0 Å². The van der Waals surface area contributed by atoms with Crippen LogP contribution in [0.15, 0.2) is 126 Å². The second kappa shape index (κ2) is 9.05. The summed E-state index contributed by atoms with van der Waals surface area (Å²) in [6, 6.07) is 40.7. The molecule has 0 unspecified atom stereocenters. The van der Waals surface area contributed by atoms with Crippen molar-refractivity contribution in [2.45, 2.75) is 0 Å². The Bertz CT molecular complexity index is 1590. The fraction of sp³-hybridized carbons (Fsp3) is 0. The molecule has 1 N–H and O–H groups in total. The first-order chi connectivity index (χ1) is 17.3. The number of rotatable bonds is 6. The number of benzene rings is 5. The van der Waals surface area contributed by atoms with Gasteiger partial charge in [0.1, 0.15) is 11.3 Å². The molecule has 0 saturated carbocycles. The SMILES string of the molecule is O[B]Oc1ccc(N(c2ccc(-c3ccccc3)cc2)c2cccc3c2oc2ccccc23)cc1. The Labute approximate surface area is 203 Å². The standard InChI is InChI=1S/C30H21BNO3/c33-31-35-25-19-17-24(18-20-25)32(23-15-13-22(14-16-23)21-7-2-1-3-8-21)28-11-6-10-27-26-9-4-5-12-29(26)34-30(27)28/h1-20,33H. The van der Waals surface area contributed by atoms with Crippen molar-refractivity contribution in [1.29, 1.82) is 0 Å². The van der Waals surface area contributed by atoms with Gasteiger partial charge in [-0.1, -0.05) is 72.8 Å². The molecule has 4 nitrogen and oxygen atoms in total. The van der Waals surface area contributed by atoms with E-state index in [1.165, 1.54) is 5.56 Å². The Hall–Kier alpha value is -4.48. The van der Waals surface area contributed by atoms with Gasteiger partial charge in [-0.3, -0.25) is 0 Å². The minimum atomic E-state index is 0.553. The molecule has 0 spiro atoms. The zero-order valence-corrected chi connectivity index (χ0v) is 18.8. The molecule has 0 amide bonds. The van der Waals surface area contributed by atoms with E-state index in [9.17, 15) is 0 Å². The molecule has 0 aliphatic rings. The molecule has 35 heavy (non-hydrogen) atoms. The van der Waals surface area contributed by atoms with Crippen molar-refractivity contribution in [3.05, 3.63) is 121 Å². The average molecular weight is 454 g/mol. The number of para-hydroxylation sites is 2. The predicted octanol–water partition coefficient (Wildman–Crippen LogP) is 7.63. The lowest BCUT2D eigenvalue weighted by Gasteiger charge is -2.26. The fourth-order valence-corrected chi connectivity index (χ4v) is 4.50. The molecule has 0 saturated heterocycles. The van der Waals surface area contributed by atoms with Gasteiger partial charge < -0.3 is 19.0 Å². The molecule has 0 atom stereocenters. The van der Waals surface area contributed by atoms with Gasteiger partial charge in [0, 0.05) is 22.1 Å². The van der Waals surface area contributed by atoms with Crippen LogP contribution in [0.5, 0.6) is 5.75 Å². The number of fused-ring (bicyclic) bond motifs is 3. The van der Waals surface area contributed by atoms with E-state index < -0.39 is 0 Å². The third kappa shape index (κ3) is 3.92. The average Bonchev–Trinajstić information content (AvgIpc) is 3.31. The molecule has 6 rings (SSSR count). The normalized spacial score (nSPS) is 11.0. The maximum Gasteiger partial charge on any atom is 0.569 e. The van der Waals surface area contributed by atoms with E-state index >= 15 is 0 Å². The molecule has 167 valence electrons. The first-order valence-corrected chi connectivity index (χ1v) is 11.4. The number of hydrogen-bond donors (Lipinski definition) is 1. The van der Waals surface area contributed by atoms with Crippen LogP contribution in [0.3, 0.4) is 0 Å². The molecule has 5 aromatic carbocycles. The maximum absolute atomic E-state index is 8.99. The van der Waals surface area contributed by atoms with Crippen LogP contribution in [0, 0.1) is 0 Å². The Morgan fingerprint density at radius 2 is 1.23 bits per heavy atom. The molecular weight excluding hydrogens is 433 g/mol. The number of furan rings is 1. The molecule has 1 radical (unpaired) electrons. The van der Waals surface area contributed by atoms with Gasteiger partial charge in [-0.2, -0.15) is 0 Å². The molecule has 0 fully saturated rings. The third-order valence-electron chi connectivity index (χ3n) is 6.14. The van der Waals surface area contributed by atoms with Crippen LogP contribution in [0.25, 0.3) is 33.1 Å². The third-order valence-corrected chi connectivity index (χ3v) is 6.14. The van der Waals surface area contributed by atoms with E-state index in [0.29, 0.717) is 13.4 Å². The zero-order valence-electron chi connectivity index (χ0n) is 18.8. The van der Waals surface area contributed by atoms with Crippen molar-refractivity contribution in [3.63, 3.8) is 0 Å². The van der Waals surface area contributed by atoms with E-state index in [1.807, 2.05) is 60.7 Å². The van der Waals surface area contributed by atoms with Crippen LogP contribution < -0.4 is 9.55 Å². The number of anilines is 3. The zero-order chi connectivity index (χ0) is 23.6. The number of hydrogen-bond acceptors (Lipinski definition) is 4. The fourth-order valence-electron chi connectivity index (χ4n) is 4.50. The molecule has 1 aromatic heterocycles. The van der Waals surface area contributed by atoms with Gasteiger partial charge in [-0.15, -0.1) is 0 Å². The quantitative estimate of drug-likeness (QED) is 0.263. The highest BCUT2D eigenvalue weighted by atomic mass is 16.5. The summed E-state index contributed by atoms with van der Waals surface area (Å²) in [6.45, 7) is 0. The Kier molecular flexibility index (Phi) is 5.45. The van der Waals surface area contributed by atoms with Gasteiger partial charge in [0.15, 0.2) is 5.58 Å². The monoisotopic (exact) mass is 454 g/mol. The Balaban J connectivity index is 1.52. The van der Waals surface area contributed by atoms with Crippen molar-refractivity contribution in [1.82, 2.24) is 0 Å². The lowest BCUT2D eigenvalue weighted by Crippen LogP contribution is -2.10. The minimum Gasteiger partial charge on any atom is -0.537 e. The van der Waals surface area contributed by atoms with E-state index in [2.05, 4.69) is 65.6 Å². The van der Waals surface area contributed by atoms with Crippen molar-refractivity contribution in [2.24, 2.45) is 0 Å². The first-order valence-electron chi connectivity index (χ1n) is 11.4. The summed E-state index contributed by atoms with van der Waals surface area (Å²) in [6.07, 6.45) is 0. The van der Waals surface area contributed by atoms with E-state index in [-0.39, 0.29) is 0 Å². The molecular formula is C30H21BNO3. The summed E-state index contributed by atoms with van der Waals surface area (Å²) in [4.78, 5) is 2.17. The lowest BCUT2D eigenvalue weighted by atomic mass is 10.0. The van der Waals surface area contributed by atoms with E-state index in [0.717, 1.165) is 44.6 Å². The van der Waals surface area contributed by atoms with Crippen molar-refractivity contribution < 1.29 is 14.1 Å². The largest absolute Gasteiger partial charge is 0.569 e. The van der Waals surface area contributed by atoms with Gasteiger partial charge >= 0.3 is 7.69 Å². The van der Waals surface area contributed by atoms with Crippen LogP contribution in [-0.2, 0) is 0 Å². The summed E-state index contributed by atoms with van der Waals surface area (Å²) < 4.78 is 11.5. The van der Waals surface area contributed by atoms with Gasteiger partial charge in [-0.25, -0.2) is 0 Å². The Morgan fingerprint density at radius 1 is 0.600 bits per heavy atom. The highest BCUT2D eigenvalue weighted by molar-refractivity contribution is 6.17. The summed E-state index contributed by atoms with van der Waals surface area (Å²) in [5.74, 6) is 0.553. The first kappa shape index (κ1) is 21.1. The highest BCUT2D eigenvalue weighted by Gasteiger charge is 2.19. The van der Waals surface area contributed by atoms with Gasteiger partial charge in [-0.05, 0) is 59.7 Å². The molecule has 5 heteroatoms. The smallest absolute Gasteiger partial charge is 0.537 e. The Morgan fingerprint density at radius 3 is 1.97 bits per heavy atom. The minimum absolute atomic E-state index is 0.553. The molecule has 6 aromatic rings.